The normalized spacial score (nSPS) is 19.1. The lowest BCUT2D eigenvalue weighted by Gasteiger charge is -2.14. The Bertz CT molecular complexity index is 468. The second-order valence-electron chi connectivity index (χ2n) is 4.55. The topological polar surface area (TPSA) is 20.3 Å². The van der Waals surface area contributed by atoms with Crippen LogP contribution in [0.4, 0.5) is 0 Å². The zero-order valence-corrected chi connectivity index (χ0v) is 10.2. The molecule has 1 heterocycles. The van der Waals surface area contributed by atoms with Gasteiger partial charge in [-0.2, -0.15) is 0 Å². The Kier molecular flexibility index (Phi) is 2.37. The van der Waals surface area contributed by atoms with E-state index in [4.69, 9.17) is 23.2 Å². The van der Waals surface area contributed by atoms with Crippen molar-refractivity contribution in [2.75, 3.05) is 6.54 Å². The molecule has 1 aliphatic carbocycles. The maximum atomic E-state index is 12.1. The molecule has 1 fully saturated rings. The van der Waals surface area contributed by atoms with E-state index in [1.165, 1.54) is 12.8 Å². The molecular formula is C12H11Cl2NO. The number of nitrogens with zero attached hydrogens (tertiary/aromatic N) is 1. The van der Waals surface area contributed by atoms with E-state index in [-0.39, 0.29) is 5.91 Å². The fourth-order valence-electron chi connectivity index (χ4n) is 2.19. The highest BCUT2D eigenvalue weighted by molar-refractivity contribution is 6.37. The second-order valence-corrected chi connectivity index (χ2v) is 5.39. The van der Waals surface area contributed by atoms with Crippen LogP contribution >= 0.6 is 23.2 Å². The van der Waals surface area contributed by atoms with Gasteiger partial charge in [-0.1, -0.05) is 23.2 Å². The molecule has 0 aromatic heterocycles. The summed E-state index contributed by atoms with van der Waals surface area (Å²) in [5.41, 5.74) is 1.61. The molecule has 84 valence electrons. The quantitative estimate of drug-likeness (QED) is 0.794. The van der Waals surface area contributed by atoms with Crippen LogP contribution in [0.25, 0.3) is 0 Å². The van der Waals surface area contributed by atoms with E-state index in [9.17, 15) is 4.79 Å². The fourth-order valence-corrected chi connectivity index (χ4v) is 2.80. The van der Waals surface area contributed by atoms with Crippen molar-refractivity contribution >= 4 is 29.1 Å². The van der Waals surface area contributed by atoms with Gasteiger partial charge in [0.15, 0.2) is 0 Å². The van der Waals surface area contributed by atoms with Crippen LogP contribution in [0.5, 0.6) is 0 Å². The van der Waals surface area contributed by atoms with Crippen molar-refractivity contribution < 1.29 is 4.79 Å². The number of fused-ring (bicyclic) bond motifs is 1. The molecule has 1 amide bonds. The van der Waals surface area contributed by atoms with E-state index in [1.807, 2.05) is 11.0 Å². The first-order valence-electron chi connectivity index (χ1n) is 5.42. The van der Waals surface area contributed by atoms with Gasteiger partial charge in [0, 0.05) is 18.1 Å². The molecule has 1 aromatic carbocycles. The average molecular weight is 256 g/mol. The Morgan fingerprint density at radius 2 is 2.06 bits per heavy atom. The van der Waals surface area contributed by atoms with Gasteiger partial charge < -0.3 is 4.90 Å². The minimum absolute atomic E-state index is 0.0589. The first kappa shape index (κ1) is 10.4. The van der Waals surface area contributed by atoms with E-state index < -0.39 is 0 Å². The SMILES string of the molecule is O=C1c2c(Cl)cc(Cl)cc2CN1CC1CC1. The standard InChI is InChI=1S/C12H11Cl2NO/c13-9-3-8-6-15(5-7-1-2-7)12(16)11(8)10(14)4-9/h3-4,7H,1-2,5-6H2. The molecule has 0 unspecified atom stereocenters. The van der Waals surface area contributed by atoms with Crippen LogP contribution in [-0.4, -0.2) is 17.4 Å². The minimum atomic E-state index is 0.0589. The van der Waals surface area contributed by atoms with Crippen LogP contribution < -0.4 is 0 Å². The number of hydrogen-bond donors (Lipinski definition) is 0. The van der Waals surface area contributed by atoms with Crippen LogP contribution in [0, 0.1) is 5.92 Å². The zero-order chi connectivity index (χ0) is 11.3. The molecule has 0 spiro atoms. The molecule has 0 saturated heterocycles. The van der Waals surface area contributed by atoms with E-state index >= 15 is 0 Å². The van der Waals surface area contributed by atoms with Gasteiger partial charge in [0.1, 0.15) is 0 Å². The van der Waals surface area contributed by atoms with Crippen molar-refractivity contribution in [3.05, 3.63) is 33.3 Å². The average Bonchev–Trinajstić information content (AvgIpc) is 2.93. The Morgan fingerprint density at radius 3 is 2.75 bits per heavy atom. The number of rotatable bonds is 2. The first-order valence-corrected chi connectivity index (χ1v) is 6.18. The number of halogens is 2. The largest absolute Gasteiger partial charge is 0.334 e. The molecular weight excluding hydrogens is 245 g/mol. The molecule has 4 heteroatoms. The summed E-state index contributed by atoms with van der Waals surface area (Å²) >= 11 is 12.0. The summed E-state index contributed by atoms with van der Waals surface area (Å²) in [5.74, 6) is 0.760. The molecule has 1 aromatic rings. The molecule has 2 aliphatic rings. The van der Waals surface area contributed by atoms with Crippen molar-refractivity contribution in [3.8, 4) is 0 Å². The van der Waals surface area contributed by atoms with E-state index in [0.29, 0.717) is 28.1 Å². The van der Waals surface area contributed by atoms with Crippen LogP contribution in [-0.2, 0) is 6.54 Å². The lowest BCUT2D eigenvalue weighted by atomic mass is 10.1. The molecule has 2 nitrogen and oxygen atoms in total. The van der Waals surface area contributed by atoms with Gasteiger partial charge >= 0.3 is 0 Å². The molecule has 0 N–H and O–H groups in total. The van der Waals surface area contributed by atoms with Gasteiger partial charge in [0.25, 0.3) is 5.91 Å². The van der Waals surface area contributed by atoms with E-state index in [1.54, 1.807) is 6.07 Å². The summed E-state index contributed by atoms with van der Waals surface area (Å²) in [5, 5.41) is 1.08. The van der Waals surface area contributed by atoms with E-state index in [0.717, 1.165) is 12.1 Å². The summed E-state index contributed by atoms with van der Waals surface area (Å²) in [6.07, 6.45) is 2.49. The maximum Gasteiger partial charge on any atom is 0.256 e. The predicted octanol–water partition coefficient (Wildman–Crippen LogP) is 3.36. The van der Waals surface area contributed by atoms with Crippen LogP contribution in [0.2, 0.25) is 10.0 Å². The fraction of sp³-hybridized carbons (Fsp3) is 0.417. The number of amides is 1. The van der Waals surface area contributed by atoms with Crippen LogP contribution in [0.1, 0.15) is 28.8 Å². The summed E-state index contributed by atoms with van der Waals surface area (Å²) in [6.45, 7) is 1.52. The van der Waals surface area contributed by atoms with Crippen molar-refractivity contribution in [3.63, 3.8) is 0 Å². The Balaban J connectivity index is 1.93. The third kappa shape index (κ3) is 1.70. The number of carbonyl (C=O) groups is 1. The van der Waals surface area contributed by atoms with Crippen LogP contribution in [0.3, 0.4) is 0 Å². The molecule has 0 bridgehead atoms. The minimum Gasteiger partial charge on any atom is -0.334 e. The Hall–Kier alpha value is -0.730. The number of carbonyl (C=O) groups excluding carboxylic acids is 1. The molecule has 1 aliphatic heterocycles. The van der Waals surface area contributed by atoms with Crippen molar-refractivity contribution in [1.29, 1.82) is 0 Å². The summed E-state index contributed by atoms with van der Waals surface area (Å²) in [6, 6.07) is 3.48. The molecule has 1 saturated carbocycles. The lowest BCUT2D eigenvalue weighted by molar-refractivity contribution is 0.0771. The molecule has 0 radical (unpaired) electrons. The van der Waals surface area contributed by atoms with Crippen molar-refractivity contribution in [2.24, 2.45) is 5.92 Å². The monoisotopic (exact) mass is 255 g/mol. The van der Waals surface area contributed by atoms with E-state index in [2.05, 4.69) is 0 Å². The third-order valence-electron chi connectivity index (χ3n) is 3.17. The zero-order valence-electron chi connectivity index (χ0n) is 8.67. The van der Waals surface area contributed by atoms with Gasteiger partial charge in [0.05, 0.1) is 10.6 Å². The molecule has 16 heavy (non-hydrogen) atoms. The Labute approximate surface area is 104 Å². The lowest BCUT2D eigenvalue weighted by Crippen LogP contribution is -2.26. The predicted molar refractivity (Wildman–Crippen MR) is 63.9 cm³/mol. The summed E-state index contributed by atoms with van der Waals surface area (Å²) < 4.78 is 0. The smallest absolute Gasteiger partial charge is 0.256 e. The van der Waals surface area contributed by atoms with Crippen LogP contribution in [0.15, 0.2) is 12.1 Å². The van der Waals surface area contributed by atoms with Crippen molar-refractivity contribution in [2.45, 2.75) is 19.4 Å². The highest BCUT2D eigenvalue weighted by atomic mass is 35.5. The Morgan fingerprint density at radius 1 is 1.31 bits per heavy atom. The third-order valence-corrected chi connectivity index (χ3v) is 3.69. The van der Waals surface area contributed by atoms with Gasteiger partial charge in [-0.25, -0.2) is 0 Å². The van der Waals surface area contributed by atoms with Gasteiger partial charge in [-0.15, -0.1) is 0 Å². The number of benzene rings is 1. The van der Waals surface area contributed by atoms with Crippen molar-refractivity contribution in [1.82, 2.24) is 4.90 Å². The highest BCUT2D eigenvalue weighted by Gasteiger charge is 2.34. The number of hydrogen-bond acceptors (Lipinski definition) is 1. The molecule has 3 rings (SSSR count). The highest BCUT2D eigenvalue weighted by Crippen LogP contribution is 2.36. The first-order chi connectivity index (χ1) is 7.65. The maximum absolute atomic E-state index is 12.1. The second kappa shape index (κ2) is 3.64. The summed E-state index contributed by atoms with van der Waals surface area (Å²) in [4.78, 5) is 14.0. The van der Waals surface area contributed by atoms with Gasteiger partial charge in [0.2, 0.25) is 0 Å². The summed E-state index contributed by atoms with van der Waals surface area (Å²) in [7, 11) is 0. The molecule has 0 atom stereocenters. The van der Waals surface area contributed by atoms with Gasteiger partial charge in [-0.3, -0.25) is 4.79 Å². The van der Waals surface area contributed by atoms with Gasteiger partial charge in [-0.05, 0) is 36.5 Å².